The van der Waals surface area contributed by atoms with Gasteiger partial charge in [0, 0.05) is 24.9 Å². The molecule has 2 amide bonds. The topological polar surface area (TPSA) is 79.3 Å². The molecule has 3 fully saturated rings. The number of rotatable bonds is 4. The summed E-state index contributed by atoms with van der Waals surface area (Å²) in [5.41, 5.74) is 2.17. The van der Waals surface area contributed by atoms with E-state index < -0.39 is 5.92 Å². The average molecular weight is 456 g/mol. The fraction of sp³-hybridized carbons (Fsp3) is 0.640. The molecule has 1 aromatic carbocycles. The molecule has 1 aromatic heterocycles. The lowest BCUT2D eigenvalue weighted by Gasteiger charge is -2.41. The molecule has 0 saturated carbocycles. The number of carbonyl (C=O) groups excluding carboxylic acids is 2. The van der Waals surface area contributed by atoms with Crippen LogP contribution in [0.5, 0.6) is 0 Å². The highest BCUT2D eigenvalue weighted by molar-refractivity contribution is 6.02. The van der Waals surface area contributed by atoms with E-state index in [4.69, 9.17) is 0 Å². The van der Waals surface area contributed by atoms with Gasteiger partial charge >= 0.3 is 0 Å². The molecule has 0 aliphatic carbocycles. The maximum absolute atomic E-state index is 15.4. The van der Waals surface area contributed by atoms with Crippen molar-refractivity contribution in [3.05, 3.63) is 29.2 Å². The number of likely N-dealkylation sites (tertiary alicyclic amines) is 1. The first-order valence-electron chi connectivity index (χ1n) is 12.4. The standard InChI is InChI=1S/C25H34FN5O2/c1-15(16-5-9-27-10-6-16)31-11-7-17(8-12-31)19-14-22-20(13-21(19)26)24(29-30(22)2)18-3-4-23(32)28-25(18)33/h13-18,27H,3-12H2,1-2H3,(H,28,32,33)/t15-,18?/m0/s1. The molecule has 2 N–H and O–H groups in total. The van der Waals surface area contributed by atoms with Crippen LogP contribution in [0.1, 0.15) is 68.5 Å². The van der Waals surface area contributed by atoms with Gasteiger partial charge in [-0.25, -0.2) is 4.39 Å². The normalized spacial score (nSPS) is 24.9. The molecule has 2 aromatic rings. The third kappa shape index (κ3) is 4.30. The van der Waals surface area contributed by atoms with Gasteiger partial charge in [-0.1, -0.05) is 0 Å². The number of amides is 2. The largest absolute Gasteiger partial charge is 0.317 e. The van der Waals surface area contributed by atoms with Crippen molar-refractivity contribution in [3.63, 3.8) is 0 Å². The van der Waals surface area contributed by atoms with Gasteiger partial charge in [0.1, 0.15) is 5.82 Å². The van der Waals surface area contributed by atoms with E-state index in [-0.39, 0.29) is 30.0 Å². The second kappa shape index (κ2) is 9.14. The predicted molar refractivity (Wildman–Crippen MR) is 124 cm³/mol. The zero-order valence-corrected chi connectivity index (χ0v) is 19.6. The van der Waals surface area contributed by atoms with Gasteiger partial charge in [-0.15, -0.1) is 0 Å². The fourth-order valence-corrected chi connectivity index (χ4v) is 6.09. The van der Waals surface area contributed by atoms with Crippen LogP contribution in [-0.2, 0) is 16.6 Å². The summed E-state index contributed by atoms with van der Waals surface area (Å²) in [5, 5.41) is 11.1. The Morgan fingerprint density at radius 1 is 1.09 bits per heavy atom. The molecule has 3 aliphatic heterocycles. The van der Waals surface area contributed by atoms with E-state index in [9.17, 15) is 9.59 Å². The summed E-state index contributed by atoms with van der Waals surface area (Å²) in [4.78, 5) is 26.5. The smallest absolute Gasteiger partial charge is 0.235 e. The lowest BCUT2D eigenvalue weighted by Crippen LogP contribution is -2.46. The first kappa shape index (κ1) is 22.5. The van der Waals surface area contributed by atoms with Crippen molar-refractivity contribution >= 4 is 22.7 Å². The van der Waals surface area contributed by atoms with Gasteiger partial charge in [0.05, 0.1) is 17.1 Å². The number of hydrogen-bond acceptors (Lipinski definition) is 5. The highest BCUT2D eigenvalue weighted by Crippen LogP contribution is 2.37. The fourth-order valence-electron chi connectivity index (χ4n) is 6.09. The number of piperidine rings is 3. The lowest BCUT2D eigenvalue weighted by atomic mass is 9.85. The molecule has 7 nitrogen and oxygen atoms in total. The second-order valence-electron chi connectivity index (χ2n) is 10.0. The van der Waals surface area contributed by atoms with Crippen LogP contribution in [0.3, 0.4) is 0 Å². The summed E-state index contributed by atoms with van der Waals surface area (Å²) in [6.45, 7) is 6.58. The van der Waals surface area contributed by atoms with E-state index in [2.05, 4.69) is 27.6 Å². The van der Waals surface area contributed by atoms with Crippen LogP contribution in [-0.4, -0.2) is 58.7 Å². The quantitative estimate of drug-likeness (QED) is 0.693. The Balaban J connectivity index is 1.33. The van der Waals surface area contributed by atoms with Crippen molar-refractivity contribution in [3.8, 4) is 0 Å². The Labute approximate surface area is 194 Å². The minimum Gasteiger partial charge on any atom is -0.317 e. The Hall–Kier alpha value is -2.32. The van der Waals surface area contributed by atoms with Crippen LogP contribution in [0.15, 0.2) is 12.1 Å². The van der Waals surface area contributed by atoms with Gasteiger partial charge in [-0.2, -0.15) is 5.10 Å². The number of carbonyl (C=O) groups is 2. The zero-order valence-electron chi connectivity index (χ0n) is 19.6. The highest BCUT2D eigenvalue weighted by Gasteiger charge is 2.33. The number of halogens is 1. The lowest BCUT2D eigenvalue weighted by molar-refractivity contribution is -0.134. The Kier molecular flexibility index (Phi) is 6.22. The van der Waals surface area contributed by atoms with Gasteiger partial charge in [-0.3, -0.25) is 19.6 Å². The van der Waals surface area contributed by atoms with Crippen molar-refractivity contribution in [2.75, 3.05) is 26.2 Å². The summed E-state index contributed by atoms with van der Waals surface area (Å²) in [7, 11) is 1.84. The summed E-state index contributed by atoms with van der Waals surface area (Å²) in [6, 6.07) is 4.07. The van der Waals surface area contributed by atoms with Crippen LogP contribution in [0.2, 0.25) is 0 Å². The van der Waals surface area contributed by atoms with Crippen molar-refractivity contribution < 1.29 is 14.0 Å². The number of imide groups is 1. The van der Waals surface area contributed by atoms with Gasteiger partial charge in [0.25, 0.3) is 0 Å². The SMILES string of the molecule is C[C@@H](C1CCNCC1)N1CCC(c2cc3c(cc2F)c(C2CCC(=O)NC2=O)nn3C)CC1. The average Bonchev–Trinajstić information content (AvgIpc) is 3.13. The van der Waals surface area contributed by atoms with Crippen LogP contribution in [0, 0.1) is 11.7 Å². The van der Waals surface area contributed by atoms with Gasteiger partial charge in [0.2, 0.25) is 11.8 Å². The first-order valence-corrected chi connectivity index (χ1v) is 12.4. The van der Waals surface area contributed by atoms with E-state index >= 15 is 4.39 Å². The van der Waals surface area contributed by atoms with E-state index in [0.29, 0.717) is 23.5 Å². The molecule has 3 saturated heterocycles. The van der Waals surface area contributed by atoms with E-state index in [1.54, 1.807) is 10.7 Å². The van der Waals surface area contributed by atoms with Crippen LogP contribution in [0.4, 0.5) is 4.39 Å². The number of nitrogens with one attached hydrogen (secondary N) is 2. The van der Waals surface area contributed by atoms with Crippen molar-refractivity contribution in [1.82, 2.24) is 25.3 Å². The number of fused-ring (bicyclic) bond motifs is 1. The van der Waals surface area contributed by atoms with Gasteiger partial charge < -0.3 is 10.2 Å². The molecule has 1 unspecified atom stereocenters. The van der Waals surface area contributed by atoms with Gasteiger partial charge in [0.15, 0.2) is 0 Å². The van der Waals surface area contributed by atoms with E-state index in [0.717, 1.165) is 56.0 Å². The van der Waals surface area contributed by atoms with E-state index in [1.165, 1.54) is 12.8 Å². The number of hydrogen-bond donors (Lipinski definition) is 2. The highest BCUT2D eigenvalue weighted by atomic mass is 19.1. The summed E-state index contributed by atoms with van der Waals surface area (Å²) in [6.07, 6.45) is 5.08. The molecule has 0 radical (unpaired) electrons. The molecule has 33 heavy (non-hydrogen) atoms. The van der Waals surface area contributed by atoms with Crippen molar-refractivity contribution in [2.45, 2.75) is 63.3 Å². The van der Waals surface area contributed by atoms with Gasteiger partial charge in [-0.05, 0) is 94.7 Å². The van der Waals surface area contributed by atoms with Crippen LogP contribution in [0.25, 0.3) is 10.9 Å². The Morgan fingerprint density at radius 3 is 2.52 bits per heavy atom. The zero-order chi connectivity index (χ0) is 23.1. The minimum absolute atomic E-state index is 0.194. The van der Waals surface area contributed by atoms with Crippen molar-refractivity contribution in [2.24, 2.45) is 13.0 Å². The first-order chi connectivity index (χ1) is 15.9. The molecular formula is C25H34FN5O2. The monoisotopic (exact) mass is 455 g/mol. The second-order valence-corrected chi connectivity index (χ2v) is 10.0. The van der Waals surface area contributed by atoms with E-state index in [1.807, 2.05) is 13.1 Å². The van der Waals surface area contributed by atoms with Crippen molar-refractivity contribution in [1.29, 1.82) is 0 Å². The minimum atomic E-state index is -0.517. The summed E-state index contributed by atoms with van der Waals surface area (Å²) < 4.78 is 17.1. The Bertz CT molecular complexity index is 1050. The number of aromatic nitrogens is 2. The molecule has 2 atom stereocenters. The predicted octanol–water partition coefficient (Wildman–Crippen LogP) is 2.80. The number of benzene rings is 1. The molecule has 3 aliphatic rings. The molecule has 0 bridgehead atoms. The van der Waals surface area contributed by atoms with Crippen LogP contribution >= 0.6 is 0 Å². The number of aryl methyl sites for hydroxylation is 1. The third-order valence-corrected chi connectivity index (χ3v) is 8.18. The molecule has 0 spiro atoms. The molecule has 8 heteroatoms. The van der Waals surface area contributed by atoms with Crippen LogP contribution < -0.4 is 10.6 Å². The maximum Gasteiger partial charge on any atom is 0.235 e. The maximum atomic E-state index is 15.4. The summed E-state index contributed by atoms with van der Waals surface area (Å²) >= 11 is 0. The molecule has 5 rings (SSSR count). The molecule has 4 heterocycles. The Morgan fingerprint density at radius 2 is 1.82 bits per heavy atom. The molecular weight excluding hydrogens is 421 g/mol. The summed E-state index contributed by atoms with van der Waals surface area (Å²) in [5.74, 6) is -0.391. The number of nitrogens with zero attached hydrogens (tertiary/aromatic N) is 3. The third-order valence-electron chi connectivity index (χ3n) is 8.18. The molecule has 178 valence electrons.